The van der Waals surface area contributed by atoms with Crippen molar-refractivity contribution in [2.24, 2.45) is 5.92 Å². The van der Waals surface area contributed by atoms with Gasteiger partial charge >= 0.3 is 0 Å². The van der Waals surface area contributed by atoms with Crippen molar-refractivity contribution in [1.29, 1.82) is 0 Å². The number of benzene rings is 1. The molecule has 0 aromatic heterocycles. The maximum Gasteiger partial charge on any atom is 0.148 e. The van der Waals surface area contributed by atoms with Crippen molar-refractivity contribution < 1.29 is 4.39 Å². The molecule has 0 aliphatic rings. The summed E-state index contributed by atoms with van der Waals surface area (Å²) >= 11 is 5.62. The highest BCUT2D eigenvalue weighted by molar-refractivity contribution is 6.30. The summed E-state index contributed by atoms with van der Waals surface area (Å²) in [5.41, 5.74) is 0.543. The lowest BCUT2D eigenvalue weighted by Crippen LogP contribution is -1.84. The maximum atomic E-state index is 13.3. The third-order valence-corrected chi connectivity index (χ3v) is 1.93. The van der Waals surface area contributed by atoms with Crippen LogP contribution in [0.5, 0.6) is 0 Å². The SMILES string of the molecule is CC(C)/C=C/c1cccc(Cl)c1F. The average Bonchev–Trinajstić information content (AvgIpc) is 2.07. The molecule has 0 radical (unpaired) electrons. The molecule has 0 saturated heterocycles. The van der Waals surface area contributed by atoms with Crippen molar-refractivity contribution in [3.63, 3.8) is 0 Å². The second-order valence-corrected chi connectivity index (χ2v) is 3.65. The van der Waals surface area contributed by atoms with Crippen LogP contribution in [0.15, 0.2) is 24.3 Å². The molecule has 0 aliphatic carbocycles. The van der Waals surface area contributed by atoms with E-state index < -0.39 is 0 Å². The monoisotopic (exact) mass is 198 g/mol. The van der Waals surface area contributed by atoms with Gasteiger partial charge in [-0.1, -0.05) is 49.7 Å². The Morgan fingerprint density at radius 3 is 2.69 bits per heavy atom. The van der Waals surface area contributed by atoms with Gasteiger partial charge in [-0.05, 0) is 12.0 Å². The van der Waals surface area contributed by atoms with Crippen LogP contribution in [-0.2, 0) is 0 Å². The normalized spacial score (nSPS) is 11.5. The minimum absolute atomic E-state index is 0.172. The molecule has 0 heterocycles. The number of allylic oxidation sites excluding steroid dienone is 1. The van der Waals surface area contributed by atoms with E-state index in [4.69, 9.17) is 11.6 Å². The highest BCUT2D eigenvalue weighted by Gasteiger charge is 2.02. The predicted octanol–water partition coefficient (Wildman–Crippen LogP) is 4.15. The molecular formula is C11H12ClF. The Balaban J connectivity index is 2.95. The van der Waals surface area contributed by atoms with E-state index in [1.54, 1.807) is 24.3 Å². The number of halogens is 2. The summed E-state index contributed by atoms with van der Waals surface area (Å²) in [5.74, 6) is 0.0689. The van der Waals surface area contributed by atoms with Crippen LogP contribution in [0.2, 0.25) is 5.02 Å². The topological polar surface area (TPSA) is 0 Å². The van der Waals surface area contributed by atoms with Crippen molar-refractivity contribution in [3.8, 4) is 0 Å². The number of hydrogen-bond donors (Lipinski definition) is 0. The molecule has 1 aromatic carbocycles. The summed E-state index contributed by atoms with van der Waals surface area (Å²) < 4.78 is 13.3. The molecule has 0 bridgehead atoms. The fourth-order valence-corrected chi connectivity index (χ4v) is 1.13. The second kappa shape index (κ2) is 4.43. The zero-order chi connectivity index (χ0) is 9.84. The molecule has 13 heavy (non-hydrogen) atoms. The van der Waals surface area contributed by atoms with Gasteiger partial charge in [0.2, 0.25) is 0 Å². The quantitative estimate of drug-likeness (QED) is 0.670. The van der Waals surface area contributed by atoms with E-state index in [1.165, 1.54) is 0 Å². The van der Waals surface area contributed by atoms with Crippen LogP contribution in [0.1, 0.15) is 19.4 Å². The lowest BCUT2D eigenvalue weighted by Gasteiger charge is -1.99. The summed E-state index contributed by atoms with van der Waals surface area (Å²) in [7, 11) is 0. The van der Waals surface area contributed by atoms with Crippen LogP contribution in [0.4, 0.5) is 4.39 Å². The molecule has 0 aliphatic heterocycles. The van der Waals surface area contributed by atoms with Gasteiger partial charge in [0.25, 0.3) is 0 Å². The average molecular weight is 199 g/mol. The van der Waals surface area contributed by atoms with E-state index in [1.807, 2.05) is 19.9 Å². The van der Waals surface area contributed by atoms with Crippen molar-refractivity contribution in [1.82, 2.24) is 0 Å². The lowest BCUT2D eigenvalue weighted by atomic mass is 10.1. The van der Waals surface area contributed by atoms with Gasteiger partial charge in [0.05, 0.1) is 5.02 Å². The van der Waals surface area contributed by atoms with E-state index in [9.17, 15) is 4.39 Å². The molecule has 1 rings (SSSR count). The summed E-state index contributed by atoms with van der Waals surface area (Å²) in [6, 6.07) is 5.00. The zero-order valence-electron chi connectivity index (χ0n) is 7.72. The Labute approximate surface area is 83.0 Å². The molecule has 0 atom stereocenters. The molecule has 0 unspecified atom stereocenters. The van der Waals surface area contributed by atoms with E-state index >= 15 is 0 Å². The third-order valence-electron chi connectivity index (χ3n) is 1.64. The fraction of sp³-hybridized carbons (Fsp3) is 0.273. The fourth-order valence-electron chi connectivity index (χ4n) is 0.945. The summed E-state index contributed by atoms with van der Waals surface area (Å²) in [6.45, 7) is 4.08. The first-order chi connectivity index (χ1) is 6.11. The van der Waals surface area contributed by atoms with Crippen molar-refractivity contribution in [3.05, 3.63) is 40.7 Å². The Hall–Kier alpha value is -0.820. The smallest absolute Gasteiger partial charge is 0.148 e. The van der Waals surface area contributed by atoms with E-state index in [-0.39, 0.29) is 10.8 Å². The van der Waals surface area contributed by atoms with Crippen molar-refractivity contribution in [2.45, 2.75) is 13.8 Å². The molecule has 0 fully saturated rings. The first kappa shape index (κ1) is 10.3. The van der Waals surface area contributed by atoms with Crippen LogP contribution in [0, 0.1) is 11.7 Å². The standard InChI is InChI=1S/C11H12ClF/c1-8(2)6-7-9-4-3-5-10(12)11(9)13/h3-8H,1-2H3/b7-6+. The number of hydrogen-bond acceptors (Lipinski definition) is 0. The number of rotatable bonds is 2. The predicted molar refractivity (Wildman–Crippen MR) is 55.3 cm³/mol. The summed E-state index contributed by atoms with van der Waals surface area (Å²) in [4.78, 5) is 0. The molecule has 70 valence electrons. The summed E-state index contributed by atoms with van der Waals surface area (Å²) in [6.07, 6.45) is 3.70. The molecule has 0 N–H and O–H groups in total. The highest BCUT2D eigenvalue weighted by Crippen LogP contribution is 2.19. The van der Waals surface area contributed by atoms with Crippen molar-refractivity contribution >= 4 is 17.7 Å². The summed E-state index contributed by atoms with van der Waals surface area (Å²) in [5, 5.41) is 0.172. The second-order valence-electron chi connectivity index (χ2n) is 3.25. The largest absolute Gasteiger partial charge is 0.205 e. The minimum Gasteiger partial charge on any atom is -0.205 e. The van der Waals surface area contributed by atoms with Crippen molar-refractivity contribution in [2.75, 3.05) is 0 Å². The van der Waals surface area contributed by atoms with Crippen LogP contribution in [0.3, 0.4) is 0 Å². The molecule has 2 heteroatoms. The molecular weight excluding hydrogens is 187 g/mol. The minimum atomic E-state index is -0.346. The zero-order valence-corrected chi connectivity index (χ0v) is 8.48. The van der Waals surface area contributed by atoms with Crippen LogP contribution >= 0.6 is 11.6 Å². The van der Waals surface area contributed by atoms with Gasteiger partial charge in [0.15, 0.2) is 0 Å². The Kier molecular flexibility index (Phi) is 3.49. The van der Waals surface area contributed by atoms with Gasteiger partial charge in [-0.15, -0.1) is 0 Å². The van der Waals surface area contributed by atoms with Gasteiger partial charge in [-0.25, -0.2) is 4.39 Å². The first-order valence-electron chi connectivity index (χ1n) is 4.23. The third kappa shape index (κ3) is 2.85. The first-order valence-corrected chi connectivity index (χ1v) is 4.61. The van der Waals surface area contributed by atoms with Gasteiger partial charge in [-0.2, -0.15) is 0 Å². The Morgan fingerprint density at radius 1 is 1.38 bits per heavy atom. The Bertz CT molecular complexity index is 316. The lowest BCUT2D eigenvalue weighted by molar-refractivity contribution is 0.625. The van der Waals surface area contributed by atoms with Gasteiger partial charge in [0.1, 0.15) is 5.82 Å². The van der Waals surface area contributed by atoms with E-state index in [2.05, 4.69) is 0 Å². The van der Waals surface area contributed by atoms with Crippen LogP contribution in [-0.4, -0.2) is 0 Å². The molecule has 0 saturated carbocycles. The van der Waals surface area contributed by atoms with Crippen LogP contribution in [0.25, 0.3) is 6.08 Å². The molecule has 0 nitrogen and oxygen atoms in total. The van der Waals surface area contributed by atoms with Gasteiger partial charge in [0, 0.05) is 5.56 Å². The van der Waals surface area contributed by atoms with Gasteiger partial charge in [-0.3, -0.25) is 0 Å². The molecule has 0 spiro atoms. The molecule has 1 aromatic rings. The Morgan fingerprint density at radius 2 is 2.08 bits per heavy atom. The van der Waals surface area contributed by atoms with E-state index in [0.29, 0.717) is 11.5 Å². The van der Waals surface area contributed by atoms with Crippen LogP contribution < -0.4 is 0 Å². The van der Waals surface area contributed by atoms with Gasteiger partial charge < -0.3 is 0 Å². The van der Waals surface area contributed by atoms with E-state index in [0.717, 1.165) is 0 Å². The molecule has 0 amide bonds. The maximum absolute atomic E-state index is 13.3. The highest BCUT2D eigenvalue weighted by atomic mass is 35.5.